The normalized spacial score (nSPS) is 11.8. The van der Waals surface area contributed by atoms with Crippen molar-refractivity contribution in [3.63, 3.8) is 0 Å². The number of nitrogens with one attached hydrogen (secondary N) is 2. The van der Waals surface area contributed by atoms with Gasteiger partial charge in [0.2, 0.25) is 0 Å². The van der Waals surface area contributed by atoms with Crippen molar-refractivity contribution < 1.29 is 14.3 Å². The number of benzene rings is 2. The van der Waals surface area contributed by atoms with E-state index in [2.05, 4.69) is 15.8 Å². The number of hydrogen-bond acceptors (Lipinski definition) is 5. The molecule has 1 atom stereocenters. The van der Waals surface area contributed by atoms with Gasteiger partial charge in [-0.15, -0.1) is 0 Å². The first-order valence-corrected chi connectivity index (χ1v) is 8.08. The molecule has 0 aliphatic rings. The lowest BCUT2D eigenvalue weighted by Crippen LogP contribution is -2.34. The zero-order chi connectivity index (χ0) is 18.1. The molecule has 0 saturated carbocycles. The Bertz CT molecular complexity index is 697. The molecule has 2 rings (SSSR count). The lowest BCUT2D eigenvalue weighted by atomic mass is 10.2. The fourth-order valence-corrected chi connectivity index (χ4v) is 2.09. The van der Waals surface area contributed by atoms with Crippen LogP contribution in [0.1, 0.15) is 19.4 Å². The Hall–Kier alpha value is -3.02. The van der Waals surface area contributed by atoms with Gasteiger partial charge in [0.1, 0.15) is 17.5 Å². The number of carbonyl (C=O) groups excluding carboxylic acids is 1. The molecule has 1 amide bonds. The van der Waals surface area contributed by atoms with Crippen LogP contribution in [0.5, 0.6) is 11.5 Å². The molecular weight excluding hydrogens is 318 g/mol. The number of methoxy groups -OCH3 is 1. The number of anilines is 1. The molecule has 0 saturated heterocycles. The summed E-state index contributed by atoms with van der Waals surface area (Å²) in [7, 11) is 1.61. The molecule has 0 aromatic heterocycles. The zero-order valence-corrected chi connectivity index (χ0v) is 14.7. The quantitative estimate of drug-likeness (QED) is 0.572. The summed E-state index contributed by atoms with van der Waals surface area (Å²) in [5, 5.41) is 7.09. The number of hydrogen-bond donors (Lipinski definition) is 2. The van der Waals surface area contributed by atoms with Gasteiger partial charge in [-0.25, -0.2) is 5.43 Å². The van der Waals surface area contributed by atoms with Crippen LogP contribution in [0.15, 0.2) is 53.6 Å². The Kier molecular flexibility index (Phi) is 6.83. The molecular formula is C19H23N3O3. The zero-order valence-electron chi connectivity index (χ0n) is 14.7. The first-order chi connectivity index (χ1) is 12.1. The minimum Gasteiger partial charge on any atom is -0.497 e. The van der Waals surface area contributed by atoms with Gasteiger partial charge < -0.3 is 14.8 Å². The summed E-state index contributed by atoms with van der Waals surface area (Å²) < 4.78 is 10.5. The maximum absolute atomic E-state index is 12.1. The summed E-state index contributed by atoms with van der Waals surface area (Å²) in [4.78, 5) is 12.1. The number of carbonyl (C=O) groups is 1. The molecule has 6 heteroatoms. The molecule has 2 N–H and O–H groups in total. The van der Waals surface area contributed by atoms with Crippen molar-refractivity contribution in [2.75, 3.05) is 19.0 Å². The molecule has 132 valence electrons. The average Bonchev–Trinajstić information content (AvgIpc) is 2.64. The van der Waals surface area contributed by atoms with E-state index in [9.17, 15) is 4.79 Å². The maximum atomic E-state index is 12.1. The molecule has 1 unspecified atom stereocenters. The highest BCUT2D eigenvalue weighted by atomic mass is 16.5. The number of hydrazone groups is 1. The summed E-state index contributed by atoms with van der Waals surface area (Å²) in [6.07, 6.45) is 1.58. The largest absolute Gasteiger partial charge is 0.497 e. The minimum atomic E-state index is -0.425. The molecule has 0 spiro atoms. The van der Waals surface area contributed by atoms with Gasteiger partial charge in [-0.3, -0.25) is 4.79 Å². The van der Waals surface area contributed by atoms with E-state index in [-0.39, 0.29) is 5.91 Å². The second-order valence-corrected chi connectivity index (χ2v) is 5.33. The molecule has 25 heavy (non-hydrogen) atoms. The number of ether oxygens (including phenoxy) is 2. The molecule has 0 radical (unpaired) electrons. The first kappa shape index (κ1) is 18.3. The molecule has 2 aromatic rings. The van der Waals surface area contributed by atoms with Gasteiger partial charge >= 0.3 is 0 Å². The van der Waals surface area contributed by atoms with Crippen molar-refractivity contribution in [3.8, 4) is 11.5 Å². The van der Waals surface area contributed by atoms with E-state index in [1.165, 1.54) is 0 Å². The van der Waals surface area contributed by atoms with E-state index in [1.807, 2.05) is 55.5 Å². The van der Waals surface area contributed by atoms with Crippen molar-refractivity contribution in [2.45, 2.75) is 19.9 Å². The molecule has 6 nitrogen and oxygen atoms in total. The highest BCUT2D eigenvalue weighted by Crippen LogP contribution is 2.16. The Morgan fingerprint density at radius 3 is 2.36 bits per heavy atom. The fraction of sp³-hybridized carbons (Fsp3) is 0.263. The fourth-order valence-electron chi connectivity index (χ4n) is 2.09. The summed E-state index contributed by atoms with van der Waals surface area (Å²) >= 11 is 0. The molecule has 0 fully saturated rings. The van der Waals surface area contributed by atoms with Crippen LogP contribution in [0.25, 0.3) is 0 Å². The third-order valence-corrected chi connectivity index (χ3v) is 3.45. The standard InChI is InChI=1S/C19H23N3O3/c1-4-25-18-11-7-16(8-12-18)21-14(2)19(23)22-20-13-15-5-9-17(24-3)10-6-15/h5-14,21H,4H2,1-3H3,(H,22,23)/b20-13+. The van der Waals surface area contributed by atoms with Gasteiger partial charge in [-0.2, -0.15) is 5.10 Å². The van der Waals surface area contributed by atoms with Crippen LogP contribution in [0.2, 0.25) is 0 Å². The van der Waals surface area contributed by atoms with Crippen molar-refractivity contribution in [2.24, 2.45) is 5.10 Å². The molecule has 0 aliphatic carbocycles. The smallest absolute Gasteiger partial charge is 0.262 e. The van der Waals surface area contributed by atoms with Crippen LogP contribution in [-0.4, -0.2) is 31.9 Å². The second-order valence-electron chi connectivity index (χ2n) is 5.33. The summed E-state index contributed by atoms with van der Waals surface area (Å²) in [5.74, 6) is 1.35. The summed E-state index contributed by atoms with van der Waals surface area (Å²) in [5.41, 5.74) is 4.23. The van der Waals surface area contributed by atoms with Gasteiger partial charge in [-0.05, 0) is 67.9 Å². The van der Waals surface area contributed by atoms with Crippen molar-refractivity contribution in [1.29, 1.82) is 0 Å². The van der Waals surface area contributed by atoms with Crippen molar-refractivity contribution in [3.05, 3.63) is 54.1 Å². The molecule has 0 aliphatic heterocycles. The Balaban J connectivity index is 1.83. The number of nitrogens with zero attached hydrogens (tertiary/aromatic N) is 1. The van der Waals surface area contributed by atoms with Gasteiger partial charge in [-0.1, -0.05) is 0 Å². The van der Waals surface area contributed by atoms with Gasteiger partial charge in [0.25, 0.3) is 5.91 Å². The Morgan fingerprint density at radius 1 is 1.12 bits per heavy atom. The van der Waals surface area contributed by atoms with Crippen LogP contribution in [-0.2, 0) is 4.79 Å². The van der Waals surface area contributed by atoms with Crippen molar-refractivity contribution >= 4 is 17.8 Å². The summed E-state index contributed by atoms with van der Waals surface area (Å²) in [6, 6.07) is 14.4. The monoisotopic (exact) mass is 341 g/mol. The van der Waals surface area contributed by atoms with Crippen LogP contribution in [0, 0.1) is 0 Å². The van der Waals surface area contributed by atoms with Gasteiger partial charge in [0.15, 0.2) is 0 Å². The second kappa shape index (κ2) is 9.32. The van der Waals surface area contributed by atoms with E-state index in [0.717, 1.165) is 22.7 Å². The van der Waals surface area contributed by atoms with Crippen LogP contribution >= 0.6 is 0 Å². The lowest BCUT2D eigenvalue weighted by Gasteiger charge is -2.14. The topological polar surface area (TPSA) is 72.0 Å². The lowest BCUT2D eigenvalue weighted by molar-refractivity contribution is -0.121. The Labute approximate surface area is 147 Å². The minimum absolute atomic E-state index is 0.223. The predicted octanol–water partition coefficient (Wildman–Crippen LogP) is 3.04. The van der Waals surface area contributed by atoms with E-state index in [0.29, 0.717) is 6.61 Å². The third kappa shape index (κ3) is 5.84. The maximum Gasteiger partial charge on any atom is 0.262 e. The van der Waals surface area contributed by atoms with E-state index < -0.39 is 6.04 Å². The molecule has 0 heterocycles. The van der Waals surface area contributed by atoms with Crippen molar-refractivity contribution in [1.82, 2.24) is 5.43 Å². The third-order valence-electron chi connectivity index (χ3n) is 3.45. The van der Waals surface area contributed by atoms with Crippen LogP contribution in [0.4, 0.5) is 5.69 Å². The predicted molar refractivity (Wildman–Crippen MR) is 99.4 cm³/mol. The molecule has 2 aromatic carbocycles. The first-order valence-electron chi connectivity index (χ1n) is 8.08. The highest BCUT2D eigenvalue weighted by molar-refractivity contribution is 5.86. The van der Waals surface area contributed by atoms with E-state index in [1.54, 1.807) is 20.2 Å². The Morgan fingerprint density at radius 2 is 1.76 bits per heavy atom. The highest BCUT2D eigenvalue weighted by Gasteiger charge is 2.11. The molecule has 0 bridgehead atoms. The van der Waals surface area contributed by atoms with Gasteiger partial charge in [0.05, 0.1) is 19.9 Å². The number of rotatable bonds is 8. The van der Waals surface area contributed by atoms with Crippen LogP contribution in [0.3, 0.4) is 0 Å². The average molecular weight is 341 g/mol. The van der Waals surface area contributed by atoms with Crippen LogP contribution < -0.4 is 20.2 Å². The SMILES string of the molecule is CCOc1ccc(NC(C)C(=O)N/N=C/c2ccc(OC)cc2)cc1. The number of amides is 1. The summed E-state index contributed by atoms with van der Waals surface area (Å²) in [6.45, 7) is 4.33. The van der Waals surface area contributed by atoms with E-state index in [4.69, 9.17) is 9.47 Å². The van der Waals surface area contributed by atoms with E-state index >= 15 is 0 Å². The van der Waals surface area contributed by atoms with Gasteiger partial charge in [0, 0.05) is 5.69 Å².